The number of rotatable bonds is 9. The zero-order valence-electron chi connectivity index (χ0n) is 22.7. The molecule has 2 amide bonds. The number of halogens is 1. The number of hydrogen-bond donors (Lipinski definition) is 2. The lowest BCUT2D eigenvalue weighted by Gasteiger charge is -2.25. The van der Waals surface area contributed by atoms with E-state index in [9.17, 15) is 14.4 Å². The van der Waals surface area contributed by atoms with Gasteiger partial charge in [-0.3, -0.25) is 24.4 Å². The molecule has 1 atom stereocenters. The van der Waals surface area contributed by atoms with Crippen molar-refractivity contribution in [2.24, 2.45) is 5.41 Å². The lowest BCUT2D eigenvalue weighted by molar-refractivity contribution is -0.140. The Morgan fingerprint density at radius 1 is 0.878 bits per heavy atom. The number of ketones is 1. The second kappa shape index (κ2) is 12.5. The minimum atomic E-state index is -1.55. The van der Waals surface area contributed by atoms with Gasteiger partial charge in [-0.05, 0) is 48.5 Å². The highest BCUT2D eigenvalue weighted by Crippen LogP contribution is 2.30. The first kappa shape index (κ1) is 29.1. The number of ether oxygens (including phenoxy) is 1. The van der Waals surface area contributed by atoms with Crippen molar-refractivity contribution in [2.45, 2.75) is 26.9 Å². The largest absolute Gasteiger partial charge is 0.472 e. The molecule has 4 aromatic rings. The van der Waals surface area contributed by atoms with Crippen LogP contribution in [0.3, 0.4) is 0 Å². The number of amides is 2. The summed E-state index contributed by atoms with van der Waals surface area (Å²) < 4.78 is 6.13. The molecule has 0 spiro atoms. The minimum Gasteiger partial charge on any atom is -0.472 e. The maximum atomic E-state index is 13.6. The highest BCUT2D eigenvalue weighted by Gasteiger charge is 2.37. The molecule has 0 aliphatic carbocycles. The van der Waals surface area contributed by atoms with E-state index in [1.165, 1.54) is 12.1 Å². The molecule has 0 fully saturated rings. The van der Waals surface area contributed by atoms with Crippen LogP contribution in [0.15, 0.2) is 91.8 Å². The van der Waals surface area contributed by atoms with Gasteiger partial charge in [0.05, 0.1) is 33.5 Å². The van der Waals surface area contributed by atoms with Crippen LogP contribution in [0.5, 0.6) is 5.75 Å². The Morgan fingerprint density at radius 2 is 1.49 bits per heavy atom. The Hall–Kier alpha value is -4.89. The third kappa shape index (κ3) is 7.40. The van der Waals surface area contributed by atoms with Crippen molar-refractivity contribution < 1.29 is 19.1 Å². The second-order valence-electron chi connectivity index (χ2n) is 9.99. The Kier molecular flexibility index (Phi) is 8.89. The van der Waals surface area contributed by atoms with Gasteiger partial charge in [0.15, 0.2) is 5.78 Å². The predicted octanol–water partition coefficient (Wildman–Crippen LogP) is 5.98. The van der Waals surface area contributed by atoms with Crippen LogP contribution in [-0.4, -0.2) is 38.7 Å². The van der Waals surface area contributed by atoms with Crippen LogP contribution in [0.25, 0.3) is 22.8 Å². The van der Waals surface area contributed by atoms with Gasteiger partial charge in [0.1, 0.15) is 5.75 Å². The summed E-state index contributed by atoms with van der Waals surface area (Å²) in [5.74, 6) is -1.41. The first-order chi connectivity index (χ1) is 19.5. The van der Waals surface area contributed by atoms with Crippen molar-refractivity contribution in [2.75, 3.05) is 10.6 Å². The summed E-state index contributed by atoms with van der Waals surface area (Å²) >= 11 is 6.33. The van der Waals surface area contributed by atoms with Crippen LogP contribution in [0.1, 0.15) is 20.8 Å². The first-order valence-corrected chi connectivity index (χ1v) is 13.0. The van der Waals surface area contributed by atoms with Crippen LogP contribution in [0.4, 0.5) is 11.4 Å². The lowest BCUT2D eigenvalue weighted by Crippen LogP contribution is -2.45. The zero-order valence-corrected chi connectivity index (χ0v) is 23.5. The van der Waals surface area contributed by atoms with Gasteiger partial charge in [0, 0.05) is 35.6 Å². The highest BCUT2D eigenvalue weighted by molar-refractivity contribution is 6.34. The van der Waals surface area contributed by atoms with Gasteiger partial charge in [0.2, 0.25) is 12.0 Å². The summed E-state index contributed by atoms with van der Waals surface area (Å²) in [7, 11) is 0. The van der Waals surface area contributed by atoms with Gasteiger partial charge >= 0.3 is 0 Å². The maximum Gasteiger partial charge on any atom is 0.273 e. The number of nitrogens with zero attached hydrogens (tertiary/aromatic N) is 3. The quantitative estimate of drug-likeness (QED) is 0.187. The van der Waals surface area contributed by atoms with E-state index >= 15 is 0 Å². The van der Waals surface area contributed by atoms with Crippen LogP contribution in [0.2, 0.25) is 5.02 Å². The molecule has 0 radical (unpaired) electrons. The van der Waals surface area contributed by atoms with Gasteiger partial charge < -0.3 is 15.4 Å². The molecular formula is C31H28ClN5O4. The molecule has 4 rings (SSSR count). The van der Waals surface area contributed by atoms with Crippen LogP contribution in [-0.2, 0) is 14.4 Å². The smallest absolute Gasteiger partial charge is 0.273 e. The number of hydrogen-bond acceptors (Lipinski definition) is 7. The molecule has 0 saturated carbocycles. The van der Waals surface area contributed by atoms with Crippen molar-refractivity contribution in [1.29, 1.82) is 0 Å². The van der Waals surface area contributed by atoms with Crippen LogP contribution in [0, 0.1) is 5.41 Å². The molecule has 208 valence electrons. The normalized spacial score (nSPS) is 11.7. The number of nitrogens with one attached hydrogen (secondary N) is 2. The van der Waals surface area contributed by atoms with E-state index in [2.05, 4.69) is 32.2 Å². The van der Waals surface area contributed by atoms with E-state index in [1.54, 1.807) is 75.6 Å². The second-order valence-corrected chi connectivity index (χ2v) is 10.4. The Balaban J connectivity index is 1.73. The fourth-order valence-corrected chi connectivity index (χ4v) is 3.88. The SMILES string of the molecule is C=CC(=O)Nc1ccc(Cl)c(NC(=O)C(Oc2cc(-c3ccccn3)nc(-c3ccccn3)c2)C(=O)C(C)(C)C)c1. The number of benzene rings is 1. The highest BCUT2D eigenvalue weighted by atomic mass is 35.5. The average Bonchev–Trinajstić information content (AvgIpc) is 2.97. The molecule has 3 aromatic heterocycles. The summed E-state index contributed by atoms with van der Waals surface area (Å²) in [4.78, 5) is 52.3. The fraction of sp³-hybridized carbons (Fsp3) is 0.161. The summed E-state index contributed by atoms with van der Waals surface area (Å²) in [6.45, 7) is 8.52. The molecule has 0 aliphatic heterocycles. The summed E-state index contributed by atoms with van der Waals surface area (Å²) in [5, 5.41) is 5.49. The predicted molar refractivity (Wildman–Crippen MR) is 158 cm³/mol. The number of carbonyl (C=O) groups is 3. The number of anilines is 2. The van der Waals surface area contributed by atoms with Crippen molar-refractivity contribution in [1.82, 2.24) is 15.0 Å². The number of pyridine rings is 3. The zero-order chi connectivity index (χ0) is 29.6. The van der Waals surface area contributed by atoms with Crippen molar-refractivity contribution >= 4 is 40.6 Å². The number of carbonyl (C=O) groups excluding carboxylic acids is 3. The topological polar surface area (TPSA) is 123 Å². The molecule has 1 unspecified atom stereocenters. The summed E-state index contributed by atoms with van der Waals surface area (Å²) in [6, 6.07) is 18.6. The van der Waals surface area contributed by atoms with Crippen molar-refractivity contribution in [3.63, 3.8) is 0 Å². The minimum absolute atomic E-state index is 0.187. The van der Waals surface area contributed by atoms with Gasteiger partial charge in [-0.15, -0.1) is 0 Å². The Bertz CT molecular complexity index is 1530. The Morgan fingerprint density at radius 3 is 2.00 bits per heavy atom. The first-order valence-electron chi connectivity index (χ1n) is 12.6. The maximum absolute atomic E-state index is 13.6. The Labute approximate surface area is 242 Å². The van der Waals surface area contributed by atoms with Crippen LogP contribution >= 0.6 is 11.6 Å². The molecule has 0 bridgehead atoms. The van der Waals surface area contributed by atoms with E-state index in [1.807, 2.05) is 12.1 Å². The summed E-state index contributed by atoms with van der Waals surface area (Å²) in [5.41, 5.74) is 1.73. The molecular weight excluding hydrogens is 542 g/mol. The molecule has 3 heterocycles. The van der Waals surface area contributed by atoms with Gasteiger partial charge in [-0.25, -0.2) is 4.98 Å². The number of Topliss-reactive ketones (excluding diaryl/α,β-unsaturated/α-hetero) is 1. The number of aromatic nitrogens is 3. The van der Waals surface area contributed by atoms with Crippen LogP contribution < -0.4 is 15.4 Å². The molecule has 0 saturated heterocycles. The van der Waals surface area contributed by atoms with E-state index in [4.69, 9.17) is 16.3 Å². The van der Waals surface area contributed by atoms with E-state index < -0.39 is 29.1 Å². The van der Waals surface area contributed by atoms with Gasteiger partial charge in [0.25, 0.3) is 5.91 Å². The molecule has 9 nitrogen and oxygen atoms in total. The summed E-state index contributed by atoms with van der Waals surface area (Å²) in [6.07, 6.45) is 2.85. The standard InChI is InChI=1S/C31H28ClN5O4/c1-5-27(38)35-19-12-13-21(32)24(16-19)37-30(40)28(29(39)31(2,3)4)41-20-17-25(22-10-6-8-14-33-22)36-26(18-20)23-11-7-9-15-34-23/h5-18,28H,1H2,2-4H3,(H,35,38)(H,37,40). The van der Waals surface area contributed by atoms with Crippen molar-refractivity contribution in [3.8, 4) is 28.5 Å². The molecule has 41 heavy (non-hydrogen) atoms. The molecule has 10 heteroatoms. The third-order valence-corrected chi connectivity index (χ3v) is 6.13. The van der Waals surface area contributed by atoms with Gasteiger partial charge in [-0.2, -0.15) is 0 Å². The monoisotopic (exact) mass is 569 g/mol. The fourth-order valence-electron chi connectivity index (χ4n) is 3.71. The molecule has 1 aromatic carbocycles. The third-order valence-electron chi connectivity index (χ3n) is 5.80. The average molecular weight is 570 g/mol. The van der Waals surface area contributed by atoms with E-state index in [-0.39, 0.29) is 16.5 Å². The van der Waals surface area contributed by atoms with E-state index in [0.29, 0.717) is 28.5 Å². The molecule has 2 N–H and O–H groups in total. The lowest BCUT2D eigenvalue weighted by atomic mass is 9.87. The van der Waals surface area contributed by atoms with Crippen molar-refractivity contribution in [3.05, 3.63) is 96.8 Å². The van der Waals surface area contributed by atoms with E-state index in [0.717, 1.165) is 6.08 Å². The van der Waals surface area contributed by atoms with Gasteiger partial charge in [-0.1, -0.05) is 51.1 Å². The molecule has 0 aliphatic rings.